The van der Waals surface area contributed by atoms with Crippen LogP contribution in [0, 0.1) is 0 Å². The standard InChI is InChI=1S/C9H10O2.C3H8.C2H6/c1-3-7-8(10)5-6-11-9(7)4-2;1-3-2;1-2/h3-4H,1-2,5-6H2;3H2,1-2H3;1-2H3. The lowest BCUT2D eigenvalue weighted by Gasteiger charge is -2.15. The summed E-state index contributed by atoms with van der Waals surface area (Å²) in [6, 6.07) is 0. The van der Waals surface area contributed by atoms with Gasteiger partial charge in [0.25, 0.3) is 0 Å². The summed E-state index contributed by atoms with van der Waals surface area (Å²) in [6.07, 6.45) is 4.74. The van der Waals surface area contributed by atoms with Crippen molar-refractivity contribution in [3.8, 4) is 0 Å². The molecule has 0 aromatic heterocycles. The zero-order valence-corrected chi connectivity index (χ0v) is 11.0. The van der Waals surface area contributed by atoms with E-state index < -0.39 is 0 Å². The first-order valence-corrected chi connectivity index (χ1v) is 5.86. The number of hydrogen-bond donors (Lipinski definition) is 0. The first kappa shape index (κ1) is 17.1. The van der Waals surface area contributed by atoms with Crippen molar-refractivity contribution < 1.29 is 9.53 Å². The van der Waals surface area contributed by atoms with Crippen molar-refractivity contribution in [3.05, 3.63) is 36.6 Å². The molecule has 92 valence electrons. The number of ketones is 1. The zero-order valence-electron chi connectivity index (χ0n) is 11.0. The molecule has 0 N–H and O–H groups in total. The van der Waals surface area contributed by atoms with Gasteiger partial charge in [0.1, 0.15) is 5.76 Å². The summed E-state index contributed by atoms with van der Waals surface area (Å²) in [5, 5.41) is 0. The highest BCUT2D eigenvalue weighted by Crippen LogP contribution is 2.17. The van der Waals surface area contributed by atoms with Gasteiger partial charge in [-0.15, -0.1) is 0 Å². The first-order valence-electron chi connectivity index (χ1n) is 5.86. The molecule has 0 saturated heterocycles. The Morgan fingerprint density at radius 3 is 2.06 bits per heavy atom. The molecule has 1 aliphatic rings. The van der Waals surface area contributed by atoms with Gasteiger partial charge in [-0.2, -0.15) is 0 Å². The number of hydrogen-bond acceptors (Lipinski definition) is 2. The van der Waals surface area contributed by atoms with Crippen LogP contribution in [-0.4, -0.2) is 12.4 Å². The van der Waals surface area contributed by atoms with Gasteiger partial charge in [0.05, 0.1) is 12.2 Å². The third kappa shape index (κ3) is 6.23. The Bertz CT molecular complexity index is 249. The molecule has 1 heterocycles. The van der Waals surface area contributed by atoms with Gasteiger partial charge in [0.2, 0.25) is 0 Å². The van der Waals surface area contributed by atoms with Gasteiger partial charge in [-0.25, -0.2) is 0 Å². The molecule has 0 saturated carbocycles. The molecule has 1 aliphatic heterocycles. The van der Waals surface area contributed by atoms with Crippen molar-refractivity contribution in [2.75, 3.05) is 6.61 Å². The third-order valence-electron chi connectivity index (χ3n) is 1.54. The molecule has 0 radical (unpaired) electrons. The molecule has 0 aromatic rings. The van der Waals surface area contributed by atoms with E-state index in [-0.39, 0.29) is 5.78 Å². The molecule has 0 atom stereocenters. The minimum Gasteiger partial charge on any atom is -0.492 e. The van der Waals surface area contributed by atoms with Gasteiger partial charge in [-0.05, 0) is 6.08 Å². The monoisotopic (exact) mass is 224 g/mol. The molecule has 1 rings (SSSR count). The summed E-state index contributed by atoms with van der Waals surface area (Å²) in [4.78, 5) is 11.1. The minimum absolute atomic E-state index is 0.0844. The Morgan fingerprint density at radius 2 is 1.75 bits per heavy atom. The molecular formula is C14H24O2. The normalized spacial score (nSPS) is 13.6. The first-order chi connectivity index (χ1) is 7.71. The number of carbonyl (C=O) groups excluding carboxylic acids is 1. The summed E-state index contributed by atoms with van der Waals surface area (Å²) in [5.74, 6) is 0.636. The Balaban J connectivity index is 0. The van der Waals surface area contributed by atoms with Gasteiger partial charge in [0.15, 0.2) is 5.78 Å². The van der Waals surface area contributed by atoms with Crippen molar-refractivity contribution in [3.63, 3.8) is 0 Å². The van der Waals surface area contributed by atoms with E-state index in [9.17, 15) is 4.79 Å². The van der Waals surface area contributed by atoms with Crippen LogP contribution in [0.4, 0.5) is 0 Å². The Labute approximate surface area is 99.7 Å². The minimum atomic E-state index is 0.0844. The molecule has 0 aromatic carbocycles. The fourth-order valence-corrected chi connectivity index (χ4v) is 0.987. The van der Waals surface area contributed by atoms with E-state index in [2.05, 4.69) is 27.0 Å². The maximum absolute atomic E-state index is 11.1. The Morgan fingerprint density at radius 1 is 1.25 bits per heavy atom. The van der Waals surface area contributed by atoms with Gasteiger partial charge in [0, 0.05) is 6.42 Å². The molecule has 0 unspecified atom stereocenters. The van der Waals surface area contributed by atoms with E-state index in [1.165, 1.54) is 18.6 Å². The summed E-state index contributed by atoms with van der Waals surface area (Å²) < 4.78 is 5.17. The van der Waals surface area contributed by atoms with Crippen LogP contribution in [0.2, 0.25) is 0 Å². The lowest BCUT2D eigenvalue weighted by Crippen LogP contribution is -2.14. The highest BCUT2D eigenvalue weighted by atomic mass is 16.5. The molecule has 2 nitrogen and oxygen atoms in total. The van der Waals surface area contributed by atoms with Crippen LogP contribution < -0.4 is 0 Å². The van der Waals surface area contributed by atoms with Crippen LogP contribution in [0.25, 0.3) is 0 Å². The second kappa shape index (κ2) is 11.8. The van der Waals surface area contributed by atoms with Crippen molar-refractivity contribution in [1.82, 2.24) is 0 Å². The van der Waals surface area contributed by atoms with Crippen LogP contribution in [0.3, 0.4) is 0 Å². The quantitative estimate of drug-likeness (QED) is 0.707. The smallest absolute Gasteiger partial charge is 0.169 e. The second-order valence-electron chi connectivity index (χ2n) is 2.91. The fourth-order valence-electron chi connectivity index (χ4n) is 0.987. The second-order valence-corrected chi connectivity index (χ2v) is 2.91. The Hall–Kier alpha value is -1.31. The summed E-state index contributed by atoms with van der Waals surface area (Å²) in [5.41, 5.74) is 0.547. The number of carbonyl (C=O) groups is 1. The molecule has 0 aliphatic carbocycles. The Kier molecular flexibility index (Phi) is 12.6. The molecule has 0 fully saturated rings. The topological polar surface area (TPSA) is 26.3 Å². The SMILES string of the molecule is C=CC1=C(C=C)C(=O)CCO1.CC.CCC. The van der Waals surface area contributed by atoms with Crippen LogP contribution in [0.5, 0.6) is 0 Å². The van der Waals surface area contributed by atoms with E-state index in [1.54, 1.807) is 0 Å². The largest absolute Gasteiger partial charge is 0.492 e. The van der Waals surface area contributed by atoms with Crippen molar-refractivity contribution in [2.45, 2.75) is 40.5 Å². The van der Waals surface area contributed by atoms with Gasteiger partial charge in [-0.1, -0.05) is 53.3 Å². The molecule has 0 spiro atoms. The lowest BCUT2D eigenvalue weighted by atomic mass is 10.1. The van der Waals surface area contributed by atoms with E-state index in [4.69, 9.17) is 4.74 Å². The number of Topliss-reactive ketones (excluding diaryl/α,β-unsaturated/α-hetero) is 1. The summed E-state index contributed by atoms with van der Waals surface area (Å²) in [7, 11) is 0. The average Bonchev–Trinajstić information content (AvgIpc) is 2.32. The highest BCUT2D eigenvalue weighted by molar-refractivity contribution is 5.99. The molecular weight excluding hydrogens is 200 g/mol. The summed E-state index contributed by atoms with van der Waals surface area (Å²) in [6.45, 7) is 15.8. The molecule has 0 bridgehead atoms. The molecule has 16 heavy (non-hydrogen) atoms. The van der Waals surface area contributed by atoms with Crippen LogP contribution in [0.1, 0.15) is 40.5 Å². The average molecular weight is 224 g/mol. The molecule has 2 heteroatoms. The highest BCUT2D eigenvalue weighted by Gasteiger charge is 2.16. The number of allylic oxidation sites excluding steroid dienone is 3. The maximum atomic E-state index is 11.1. The predicted molar refractivity (Wildman–Crippen MR) is 70.3 cm³/mol. The number of ether oxygens (including phenoxy) is 1. The third-order valence-corrected chi connectivity index (χ3v) is 1.54. The predicted octanol–water partition coefficient (Wildman–Crippen LogP) is 4.04. The van der Waals surface area contributed by atoms with E-state index >= 15 is 0 Å². The van der Waals surface area contributed by atoms with Crippen molar-refractivity contribution >= 4 is 5.78 Å². The van der Waals surface area contributed by atoms with Crippen LogP contribution in [-0.2, 0) is 9.53 Å². The van der Waals surface area contributed by atoms with E-state index in [0.29, 0.717) is 24.4 Å². The van der Waals surface area contributed by atoms with Crippen LogP contribution >= 0.6 is 0 Å². The van der Waals surface area contributed by atoms with Gasteiger partial charge >= 0.3 is 0 Å². The maximum Gasteiger partial charge on any atom is 0.169 e. The van der Waals surface area contributed by atoms with Crippen LogP contribution in [0.15, 0.2) is 36.6 Å². The zero-order chi connectivity index (χ0) is 13.0. The van der Waals surface area contributed by atoms with Crippen molar-refractivity contribution in [2.24, 2.45) is 0 Å². The molecule has 0 amide bonds. The number of rotatable bonds is 2. The van der Waals surface area contributed by atoms with Gasteiger partial charge < -0.3 is 4.74 Å². The lowest BCUT2D eigenvalue weighted by molar-refractivity contribution is -0.117. The fraction of sp³-hybridized carbons (Fsp3) is 0.500. The summed E-state index contributed by atoms with van der Waals surface area (Å²) >= 11 is 0. The van der Waals surface area contributed by atoms with E-state index in [0.717, 1.165) is 0 Å². The van der Waals surface area contributed by atoms with Gasteiger partial charge in [-0.3, -0.25) is 4.79 Å². The van der Waals surface area contributed by atoms with E-state index in [1.807, 2.05) is 13.8 Å². The van der Waals surface area contributed by atoms with Crippen molar-refractivity contribution in [1.29, 1.82) is 0 Å².